The number of carbonyl (C=O) groups is 2. The largest absolute Gasteiger partial charge is 0.481 e. The van der Waals surface area contributed by atoms with Gasteiger partial charge in [0.1, 0.15) is 0 Å². The summed E-state index contributed by atoms with van der Waals surface area (Å²) >= 11 is 5.77. The summed E-state index contributed by atoms with van der Waals surface area (Å²) in [7, 11) is 0. The molecule has 0 aliphatic heterocycles. The maximum Gasteiger partial charge on any atom is 0.308 e. The fraction of sp³-hybridized carbons (Fsp3) is 0.429. The Hall–Kier alpha value is -1.55. The Balaban J connectivity index is 1.90. The first-order chi connectivity index (χ1) is 9.06. The Kier molecular flexibility index (Phi) is 4.43. The van der Waals surface area contributed by atoms with Crippen molar-refractivity contribution in [2.24, 2.45) is 5.92 Å². The molecule has 0 radical (unpaired) electrons. The van der Waals surface area contributed by atoms with Gasteiger partial charge >= 0.3 is 5.97 Å². The molecule has 19 heavy (non-hydrogen) atoms. The van der Waals surface area contributed by atoms with Crippen LogP contribution in [0.15, 0.2) is 24.3 Å². The van der Waals surface area contributed by atoms with Crippen molar-refractivity contribution in [3.63, 3.8) is 0 Å². The third-order valence-corrected chi connectivity index (χ3v) is 3.71. The molecule has 5 heteroatoms. The molecule has 102 valence electrons. The zero-order valence-corrected chi connectivity index (χ0v) is 11.2. The minimum atomic E-state index is -0.825. The number of carbonyl (C=O) groups excluding carboxylic acids is 1. The first-order valence-electron chi connectivity index (χ1n) is 6.33. The van der Waals surface area contributed by atoms with E-state index in [0.29, 0.717) is 11.4 Å². The lowest BCUT2D eigenvalue weighted by Crippen LogP contribution is -2.40. The van der Waals surface area contributed by atoms with Crippen molar-refractivity contribution >= 4 is 23.5 Å². The fourth-order valence-electron chi connectivity index (χ4n) is 2.47. The lowest BCUT2D eigenvalue weighted by atomic mass is 10.0. The van der Waals surface area contributed by atoms with Crippen LogP contribution in [0.2, 0.25) is 5.02 Å². The number of halogens is 1. The first kappa shape index (κ1) is 13.9. The molecule has 0 aromatic heterocycles. The number of aliphatic carboxylic acids is 1. The number of nitrogens with one attached hydrogen (secondary N) is 1. The van der Waals surface area contributed by atoms with Gasteiger partial charge in [-0.25, -0.2) is 0 Å². The summed E-state index contributed by atoms with van der Waals surface area (Å²) in [5.41, 5.74) is 0.867. The molecule has 2 rings (SSSR count). The number of carboxylic acid groups (broad SMARTS) is 1. The SMILES string of the molecule is O=C(Cc1ccc(Cl)cc1)N[C@H]1CCC[C@H]1C(=O)O. The van der Waals surface area contributed by atoms with Gasteiger partial charge in [0.15, 0.2) is 0 Å². The molecule has 2 N–H and O–H groups in total. The number of carboxylic acids is 1. The Morgan fingerprint density at radius 2 is 1.95 bits per heavy atom. The van der Waals surface area contributed by atoms with Gasteiger partial charge in [-0.1, -0.05) is 30.2 Å². The van der Waals surface area contributed by atoms with Gasteiger partial charge in [0.2, 0.25) is 5.91 Å². The van der Waals surface area contributed by atoms with Crippen molar-refractivity contribution in [1.29, 1.82) is 0 Å². The van der Waals surface area contributed by atoms with E-state index in [1.807, 2.05) is 0 Å². The van der Waals surface area contributed by atoms with E-state index in [0.717, 1.165) is 18.4 Å². The molecule has 1 aromatic rings. The number of benzene rings is 1. The van der Waals surface area contributed by atoms with Crippen molar-refractivity contribution < 1.29 is 14.7 Å². The number of hydrogen-bond donors (Lipinski definition) is 2. The van der Waals surface area contributed by atoms with Gasteiger partial charge in [-0.2, -0.15) is 0 Å². The van der Waals surface area contributed by atoms with E-state index in [1.54, 1.807) is 24.3 Å². The van der Waals surface area contributed by atoms with Crippen LogP contribution in [0, 0.1) is 5.92 Å². The van der Waals surface area contributed by atoms with Crippen LogP contribution in [0.1, 0.15) is 24.8 Å². The minimum Gasteiger partial charge on any atom is -0.481 e. The quantitative estimate of drug-likeness (QED) is 0.889. The molecule has 4 nitrogen and oxygen atoms in total. The van der Waals surface area contributed by atoms with Gasteiger partial charge in [-0.3, -0.25) is 9.59 Å². The Morgan fingerprint density at radius 3 is 2.58 bits per heavy atom. The number of amides is 1. The zero-order chi connectivity index (χ0) is 13.8. The molecule has 0 heterocycles. The molecule has 1 aliphatic carbocycles. The maximum atomic E-state index is 11.9. The molecule has 0 saturated heterocycles. The predicted octanol–water partition coefficient (Wildman–Crippen LogP) is 2.25. The Labute approximate surface area is 116 Å². The van der Waals surface area contributed by atoms with E-state index in [2.05, 4.69) is 5.32 Å². The van der Waals surface area contributed by atoms with Crippen LogP contribution in [0.4, 0.5) is 0 Å². The van der Waals surface area contributed by atoms with E-state index < -0.39 is 11.9 Å². The van der Waals surface area contributed by atoms with Crippen LogP contribution < -0.4 is 5.32 Å². The van der Waals surface area contributed by atoms with E-state index in [1.165, 1.54) is 0 Å². The van der Waals surface area contributed by atoms with Gasteiger partial charge in [0, 0.05) is 11.1 Å². The van der Waals surface area contributed by atoms with E-state index in [-0.39, 0.29) is 18.4 Å². The molecule has 1 saturated carbocycles. The second kappa shape index (κ2) is 6.06. The highest BCUT2D eigenvalue weighted by molar-refractivity contribution is 6.30. The Morgan fingerprint density at radius 1 is 1.26 bits per heavy atom. The summed E-state index contributed by atoms with van der Waals surface area (Å²) in [5, 5.41) is 12.5. The van der Waals surface area contributed by atoms with Crippen molar-refractivity contribution in [2.75, 3.05) is 0 Å². The molecule has 0 bridgehead atoms. The average Bonchev–Trinajstić information content (AvgIpc) is 2.80. The van der Waals surface area contributed by atoms with Crippen LogP contribution in [-0.4, -0.2) is 23.0 Å². The molecular formula is C14H16ClNO3. The van der Waals surface area contributed by atoms with Crippen LogP contribution in [0.5, 0.6) is 0 Å². The molecule has 0 spiro atoms. The maximum absolute atomic E-state index is 11.9. The van der Waals surface area contributed by atoms with Crippen molar-refractivity contribution in [3.05, 3.63) is 34.9 Å². The van der Waals surface area contributed by atoms with Gasteiger partial charge in [0.05, 0.1) is 12.3 Å². The second-order valence-corrected chi connectivity index (χ2v) is 5.29. The van der Waals surface area contributed by atoms with Gasteiger partial charge in [-0.15, -0.1) is 0 Å². The summed E-state index contributed by atoms with van der Waals surface area (Å²) in [6, 6.07) is 6.83. The zero-order valence-electron chi connectivity index (χ0n) is 10.4. The van der Waals surface area contributed by atoms with Gasteiger partial charge in [-0.05, 0) is 30.5 Å². The van der Waals surface area contributed by atoms with Crippen molar-refractivity contribution in [3.8, 4) is 0 Å². The average molecular weight is 282 g/mol. The van der Waals surface area contributed by atoms with Crippen LogP contribution in [0.3, 0.4) is 0 Å². The molecule has 1 fully saturated rings. The molecule has 1 aliphatic rings. The Bertz CT molecular complexity index is 472. The minimum absolute atomic E-state index is 0.138. The van der Waals surface area contributed by atoms with Crippen LogP contribution in [-0.2, 0) is 16.0 Å². The second-order valence-electron chi connectivity index (χ2n) is 4.85. The summed E-state index contributed by atoms with van der Waals surface area (Å²) in [5.74, 6) is -1.41. The molecule has 2 atom stereocenters. The van der Waals surface area contributed by atoms with Crippen LogP contribution in [0.25, 0.3) is 0 Å². The number of hydrogen-bond acceptors (Lipinski definition) is 2. The van der Waals surface area contributed by atoms with E-state index in [4.69, 9.17) is 16.7 Å². The summed E-state index contributed by atoms with van der Waals surface area (Å²) in [6.07, 6.45) is 2.48. The molecule has 1 amide bonds. The highest BCUT2D eigenvalue weighted by Crippen LogP contribution is 2.25. The highest BCUT2D eigenvalue weighted by atomic mass is 35.5. The van der Waals surface area contributed by atoms with E-state index in [9.17, 15) is 9.59 Å². The van der Waals surface area contributed by atoms with E-state index >= 15 is 0 Å². The van der Waals surface area contributed by atoms with Crippen molar-refractivity contribution in [2.45, 2.75) is 31.7 Å². The third-order valence-electron chi connectivity index (χ3n) is 3.46. The summed E-state index contributed by atoms with van der Waals surface area (Å²) in [4.78, 5) is 22.9. The smallest absolute Gasteiger partial charge is 0.308 e. The third kappa shape index (κ3) is 3.70. The van der Waals surface area contributed by atoms with Gasteiger partial charge < -0.3 is 10.4 Å². The molecule has 1 aromatic carbocycles. The fourth-order valence-corrected chi connectivity index (χ4v) is 2.60. The summed E-state index contributed by atoms with van der Waals surface area (Å²) in [6.45, 7) is 0. The topological polar surface area (TPSA) is 66.4 Å². The first-order valence-corrected chi connectivity index (χ1v) is 6.70. The van der Waals surface area contributed by atoms with Gasteiger partial charge in [0.25, 0.3) is 0 Å². The predicted molar refractivity (Wildman–Crippen MR) is 72.1 cm³/mol. The highest BCUT2D eigenvalue weighted by Gasteiger charge is 2.33. The lowest BCUT2D eigenvalue weighted by Gasteiger charge is -2.17. The van der Waals surface area contributed by atoms with Crippen LogP contribution >= 0.6 is 11.6 Å². The lowest BCUT2D eigenvalue weighted by molar-refractivity contribution is -0.142. The summed E-state index contributed by atoms with van der Waals surface area (Å²) < 4.78 is 0. The normalized spacial score (nSPS) is 22.2. The molecule has 0 unspecified atom stereocenters. The molecular weight excluding hydrogens is 266 g/mol. The monoisotopic (exact) mass is 281 g/mol. The van der Waals surface area contributed by atoms with Crippen molar-refractivity contribution in [1.82, 2.24) is 5.32 Å². The standard InChI is InChI=1S/C14H16ClNO3/c15-10-6-4-9(5-7-10)8-13(17)16-12-3-1-2-11(12)14(18)19/h4-7,11-12H,1-3,8H2,(H,16,17)(H,18,19)/t11-,12+/m1/s1. The number of rotatable bonds is 4.